The smallest absolute Gasteiger partial charge is 0.227 e. The van der Waals surface area contributed by atoms with Crippen molar-refractivity contribution < 1.29 is 18.7 Å². The van der Waals surface area contributed by atoms with Crippen molar-refractivity contribution in [3.05, 3.63) is 87.4 Å². The van der Waals surface area contributed by atoms with E-state index in [-0.39, 0.29) is 29.7 Å². The second kappa shape index (κ2) is 11.7. The SMILES string of the molecule is COc1ccc(CC(=O)N2CCN(C(=O)CCN3CCc4sccc4C3c3cccc(F)c3)CC2C)cc1. The third kappa shape index (κ3) is 5.76. The van der Waals surface area contributed by atoms with Crippen molar-refractivity contribution in [1.29, 1.82) is 0 Å². The fourth-order valence-corrected chi connectivity index (χ4v) is 6.55. The van der Waals surface area contributed by atoms with Crippen molar-refractivity contribution in [2.45, 2.75) is 38.3 Å². The Morgan fingerprint density at radius 2 is 1.87 bits per heavy atom. The Morgan fingerprint density at radius 1 is 1.05 bits per heavy atom. The van der Waals surface area contributed by atoms with Gasteiger partial charge in [0, 0.05) is 50.1 Å². The average Bonchev–Trinajstić information content (AvgIpc) is 3.40. The van der Waals surface area contributed by atoms with E-state index in [1.807, 2.05) is 47.1 Å². The first kappa shape index (κ1) is 26.4. The van der Waals surface area contributed by atoms with Crippen molar-refractivity contribution in [3.63, 3.8) is 0 Å². The number of carbonyl (C=O) groups excluding carboxylic acids is 2. The molecule has 0 radical (unpaired) electrons. The van der Waals surface area contributed by atoms with E-state index in [2.05, 4.69) is 16.3 Å². The molecule has 2 amide bonds. The minimum Gasteiger partial charge on any atom is -0.497 e. The van der Waals surface area contributed by atoms with Crippen molar-refractivity contribution in [2.24, 2.45) is 0 Å². The Balaban J connectivity index is 1.17. The van der Waals surface area contributed by atoms with Crippen LogP contribution in [0, 0.1) is 5.82 Å². The highest BCUT2D eigenvalue weighted by Gasteiger charge is 2.32. The van der Waals surface area contributed by atoms with E-state index < -0.39 is 0 Å². The molecular formula is C30H34FN3O3S. The number of ether oxygens (including phenoxy) is 1. The van der Waals surface area contributed by atoms with Crippen LogP contribution in [0.4, 0.5) is 4.39 Å². The summed E-state index contributed by atoms with van der Waals surface area (Å²) in [6, 6.07) is 16.4. The van der Waals surface area contributed by atoms with Gasteiger partial charge in [-0.2, -0.15) is 0 Å². The monoisotopic (exact) mass is 535 g/mol. The topological polar surface area (TPSA) is 53.1 Å². The number of nitrogens with zero attached hydrogens (tertiary/aromatic N) is 3. The van der Waals surface area contributed by atoms with Gasteiger partial charge in [0.1, 0.15) is 11.6 Å². The molecule has 2 atom stereocenters. The van der Waals surface area contributed by atoms with Gasteiger partial charge in [-0.1, -0.05) is 24.3 Å². The van der Waals surface area contributed by atoms with Gasteiger partial charge in [-0.15, -0.1) is 11.3 Å². The van der Waals surface area contributed by atoms with Crippen LogP contribution in [0.25, 0.3) is 0 Å². The molecule has 1 aromatic heterocycles. The lowest BCUT2D eigenvalue weighted by molar-refractivity contribution is -0.142. The molecule has 0 spiro atoms. The molecule has 0 bridgehead atoms. The first-order valence-electron chi connectivity index (χ1n) is 13.2. The molecule has 2 unspecified atom stereocenters. The van der Waals surface area contributed by atoms with E-state index in [0.29, 0.717) is 39.0 Å². The van der Waals surface area contributed by atoms with E-state index in [4.69, 9.17) is 4.74 Å². The predicted octanol–water partition coefficient (Wildman–Crippen LogP) is 4.54. The van der Waals surface area contributed by atoms with Gasteiger partial charge in [-0.3, -0.25) is 14.5 Å². The van der Waals surface area contributed by atoms with Gasteiger partial charge in [-0.25, -0.2) is 4.39 Å². The zero-order valence-electron chi connectivity index (χ0n) is 21.9. The molecule has 5 rings (SSSR count). The summed E-state index contributed by atoms with van der Waals surface area (Å²) in [5, 5.41) is 2.10. The van der Waals surface area contributed by atoms with Crippen LogP contribution in [0.3, 0.4) is 0 Å². The molecule has 2 aliphatic heterocycles. The quantitative estimate of drug-likeness (QED) is 0.446. The summed E-state index contributed by atoms with van der Waals surface area (Å²) in [6.45, 7) is 5.07. The number of thiophene rings is 1. The molecule has 0 N–H and O–H groups in total. The molecule has 0 aliphatic carbocycles. The molecular weight excluding hydrogens is 501 g/mol. The maximum absolute atomic E-state index is 14.1. The van der Waals surface area contributed by atoms with Crippen molar-refractivity contribution in [1.82, 2.24) is 14.7 Å². The van der Waals surface area contributed by atoms with Gasteiger partial charge in [0.15, 0.2) is 0 Å². The summed E-state index contributed by atoms with van der Waals surface area (Å²) >= 11 is 1.75. The summed E-state index contributed by atoms with van der Waals surface area (Å²) in [5.74, 6) is 0.708. The zero-order valence-corrected chi connectivity index (χ0v) is 22.8. The minimum absolute atomic E-state index is 0.0400. The molecule has 6 nitrogen and oxygen atoms in total. The molecule has 1 saturated heterocycles. The highest BCUT2D eigenvalue weighted by Crippen LogP contribution is 2.38. The fraction of sp³-hybridized carbons (Fsp3) is 0.400. The molecule has 3 heterocycles. The normalized spacial score (nSPS) is 19.8. The van der Waals surface area contributed by atoms with Crippen molar-refractivity contribution in [3.8, 4) is 5.75 Å². The zero-order chi connectivity index (χ0) is 26.6. The number of rotatable bonds is 7. The fourth-order valence-electron chi connectivity index (χ4n) is 5.65. The molecule has 0 saturated carbocycles. The lowest BCUT2D eigenvalue weighted by atomic mass is 9.93. The summed E-state index contributed by atoms with van der Waals surface area (Å²) < 4.78 is 19.3. The van der Waals surface area contributed by atoms with Crippen LogP contribution in [0.15, 0.2) is 60.0 Å². The highest BCUT2D eigenvalue weighted by atomic mass is 32.1. The number of carbonyl (C=O) groups is 2. The lowest BCUT2D eigenvalue weighted by Gasteiger charge is -2.41. The van der Waals surface area contributed by atoms with Gasteiger partial charge in [-0.05, 0) is 65.7 Å². The molecule has 200 valence electrons. The Labute approximate surface area is 227 Å². The second-order valence-electron chi connectivity index (χ2n) is 10.1. The van der Waals surface area contributed by atoms with Crippen LogP contribution in [0.5, 0.6) is 5.75 Å². The Hall–Kier alpha value is -3.23. The van der Waals surface area contributed by atoms with Gasteiger partial charge in [0.2, 0.25) is 11.8 Å². The molecule has 8 heteroatoms. The van der Waals surface area contributed by atoms with Crippen LogP contribution in [0.1, 0.15) is 41.0 Å². The predicted molar refractivity (Wildman–Crippen MR) is 147 cm³/mol. The number of benzene rings is 2. The van der Waals surface area contributed by atoms with Crippen LogP contribution in [-0.2, 0) is 22.4 Å². The van der Waals surface area contributed by atoms with Gasteiger partial charge < -0.3 is 14.5 Å². The number of piperazine rings is 1. The number of hydrogen-bond acceptors (Lipinski definition) is 5. The number of amides is 2. The third-order valence-corrected chi connectivity index (χ3v) is 8.65. The van der Waals surface area contributed by atoms with Crippen LogP contribution in [-0.4, -0.2) is 72.4 Å². The van der Waals surface area contributed by atoms with Crippen LogP contribution >= 0.6 is 11.3 Å². The van der Waals surface area contributed by atoms with E-state index in [0.717, 1.165) is 29.8 Å². The first-order valence-corrected chi connectivity index (χ1v) is 14.1. The maximum atomic E-state index is 14.1. The van der Waals surface area contributed by atoms with Crippen molar-refractivity contribution >= 4 is 23.2 Å². The van der Waals surface area contributed by atoms with E-state index in [1.165, 1.54) is 16.5 Å². The minimum atomic E-state index is -0.241. The first-order chi connectivity index (χ1) is 18.4. The number of methoxy groups -OCH3 is 1. The van der Waals surface area contributed by atoms with Crippen LogP contribution in [0.2, 0.25) is 0 Å². The van der Waals surface area contributed by atoms with E-state index in [9.17, 15) is 14.0 Å². The number of halogens is 1. The summed E-state index contributed by atoms with van der Waals surface area (Å²) in [7, 11) is 1.62. The number of hydrogen-bond donors (Lipinski definition) is 0. The molecule has 1 fully saturated rings. The van der Waals surface area contributed by atoms with E-state index in [1.54, 1.807) is 30.6 Å². The lowest BCUT2D eigenvalue weighted by Crippen LogP contribution is -2.56. The maximum Gasteiger partial charge on any atom is 0.227 e. The Morgan fingerprint density at radius 3 is 2.61 bits per heavy atom. The molecule has 38 heavy (non-hydrogen) atoms. The summed E-state index contributed by atoms with van der Waals surface area (Å²) in [5.41, 5.74) is 3.09. The largest absolute Gasteiger partial charge is 0.497 e. The van der Waals surface area contributed by atoms with Crippen LogP contribution < -0.4 is 4.74 Å². The molecule has 2 aliphatic rings. The molecule has 2 aromatic carbocycles. The summed E-state index contributed by atoms with van der Waals surface area (Å²) in [4.78, 5) is 33.6. The van der Waals surface area contributed by atoms with Gasteiger partial charge >= 0.3 is 0 Å². The third-order valence-electron chi connectivity index (χ3n) is 7.66. The number of fused-ring (bicyclic) bond motifs is 1. The van der Waals surface area contributed by atoms with Gasteiger partial charge in [0.25, 0.3) is 0 Å². The van der Waals surface area contributed by atoms with Gasteiger partial charge in [0.05, 0.1) is 19.6 Å². The summed E-state index contributed by atoms with van der Waals surface area (Å²) in [6.07, 6.45) is 1.68. The molecule has 3 aromatic rings. The standard InChI is InChI=1S/C30H34FN3O3S/c1-21-20-33(15-16-34(21)29(36)18-22-6-8-25(37-2)9-7-22)28(35)11-14-32-13-10-27-26(12-17-38-27)30(32)23-4-3-5-24(31)19-23/h3-9,12,17,19,21,30H,10-11,13-16,18,20H2,1-2H3. The highest BCUT2D eigenvalue weighted by molar-refractivity contribution is 7.10. The van der Waals surface area contributed by atoms with E-state index >= 15 is 0 Å². The Kier molecular flexibility index (Phi) is 8.09. The Bertz CT molecular complexity index is 1280. The average molecular weight is 536 g/mol. The van der Waals surface area contributed by atoms with Crippen molar-refractivity contribution in [2.75, 3.05) is 39.8 Å². The second-order valence-corrected chi connectivity index (χ2v) is 11.1.